The van der Waals surface area contributed by atoms with Crippen LogP contribution in [0.15, 0.2) is 78.9 Å². The molecular weight excluding hydrogens is 404 g/mol. The molecule has 7 heteroatoms. The quantitative estimate of drug-likeness (QED) is 0.303. The lowest BCUT2D eigenvalue weighted by molar-refractivity contribution is 0.273. The molecule has 0 aliphatic carbocycles. The van der Waals surface area contributed by atoms with E-state index in [9.17, 15) is 15.3 Å². The highest BCUT2D eigenvalue weighted by molar-refractivity contribution is 5.77. The van der Waals surface area contributed by atoms with Gasteiger partial charge >= 0.3 is 0 Å². The van der Waals surface area contributed by atoms with Crippen LogP contribution in [0.2, 0.25) is 0 Å². The average molecular weight is 428 g/mol. The summed E-state index contributed by atoms with van der Waals surface area (Å²) in [4.78, 5) is 8.54. The number of nitrogen functional groups attached to an aromatic ring is 1. The summed E-state index contributed by atoms with van der Waals surface area (Å²) < 4.78 is 0. The van der Waals surface area contributed by atoms with Gasteiger partial charge in [0.2, 0.25) is 5.95 Å². The van der Waals surface area contributed by atoms with Gasteiger partial charge in [0, 0.05) is 11.6 Å². The van der Waals surface area contributed by atoms with E-state index in [2.05, 4.69) is 15.3 Å². The molecule has 32 heavy (non-hydrogen) atoms. The van der Waals surface area contributed by atoms with Gasteiger partial charge in [-0.15, -0.1) is 0 Å². The second-order valence-electron chi connectivity index (χ2n) is 7.49. The molecule has 0 saturated carbocycles. The molecule has 0 radical (unpaired) electrons. The van der Waals surface area contributed by atoms with E-state index < -0.39 is 0 Å². The van der Waals surface area contributed by atoms with Crippen molar-refractivity contribution in [2.45, 2.75) is 12.5 Å². The minimum Gasteiger partial charge on any atom is -0.508 e. The van der Waals surface area contributed by atoms with Crippen LogP contribution in [-0.2, 0) is 6.42 Å². The standard InChI is InChI=1S/C25H24N4O3/c26-25-28-22(14-24(29-25)27-19(15-30)12-16-4-2-1-3-5-16)21-13-18(8-11-23(21)32)17-6-9-20(31)10-7-17/h1-11,13-14,19,30-32H,12,15H2,(H3,26,27,28,29)/t19-/m1/s1. The molecule has 1 atom stereocenters. The Labute approximate surface area is 185 Å². The third kappa shape index (κ3) is 4.96. The number of aliphatic hydroxyl groups excluding tert-OH is 1. The second kappa shape index (κ2) is 9.36. The highest BCUT2D eigenvalue weighted by Gasteiger charge is 2.14. The molecule has 7 nitrogen and oxygen atoms in total. The largest absolute Gasteiger partial charge is 0.508 e. The van der Waals surface area contributed by atoms with Gasteiger partial charge in [0.1, 0.15) is 17.3 Å². The lowest BCUT2D eigenvalue weighted by Crippen LogP contribution is -2.27. The molecule has 0 unspecified atom stereocenters. The Kier molecular flexibility index (Phi) is 6.19. The molecule has 4 aromatic rings. The predicted octanol–water partition coefficient (Wildman–Crippen LogP) is 3.82. The topological polar surface area (TPSA) is 125 Å². The van der Waals surface area contributed by atoms with Gasteiger partial charge in [-0.2, -0.15) is 4.98 Å². The van der Waals surface area contributed by atoms with Gasteiger partial charge in [0.15, 0.2) is 0 Å². The maximum Gasteiger partial charge on any atom is 0.222 e. The maximum absolute atomic E-state index is 10.5. The van der Waals surface area contributed by atoms with E-state index in [0.29, 0.717) is 23.5 Å². The summed E-state index contributed by atoms with van der Waals surface area (Å²) >= 11 is 0. The smallest absolute Gasteiger partial charge is 0.222 e. The van der Waals surface area contributed by atoms with Crippen LogP contribution in [0.4, 0.5) is 11.8 Å². The van der Waals surface area contributed by atoms with E-state index in [0.717, 1.165) is 16.7 Å². The van der Waals surface area contributed by atoms with Gasteiger partial charge in [-0.25, -0.2) is 4.98 Å². The Morgan fingerprint density at radius 3 is 2.28 bits per heavy atom. The van der Waals surface area contributed by atoms with E-state index in [1.165, 1.54) is 0 Å². The number of aromatic hydroxyl groups is 2. The fourth-order valence-corrected chi connectivity index (χ4v) is 3.52. The van der Waals surface area contributed by atoms with Crippen molar-refractivity contribution in [3.63, 3.8) is 0 Å². The van der Waals surface area contributed by atoms with Gasteiger partial charge in [-0.05, 0) is 47.4 Å². The van der Waals surface area contributed by atoms with Crippen molar-refractivity contribution in [3.05, 3.63) is 84.4 Å². The molecule has 3 aromatic carbocycles. The third-order valence-corrected chi connectivity index (χ3v) is 5.11. The normalized spacial score (nSPS) is 11.8. The molecule has 0 aliphatic rings. The number of hydrogen-bond donors (Lipinski definition) is 5. The van der Waals surface area contributed by atoms with Gasteiger partial charge in [-0.3, -0.25) is 0 Å². The number of aromatic nitrogens is 2. The van der Waals surface area contributed by atoms with Gasteiger partial charge in [0.25, 0.3) is 0 Å². The Morgan fingerprint density at radius 1 is 0.844 bits per heavy atom. The minimum atomic E-state index is -0.267. The van der Waals surface area contributed by atoms with Crippen molar-refractivity contribution in [3.8, 4) is 33.9 Å². The molecule has 0 saturated heterocycles. The number of phenols is 2. The number of aliphatic hydroxyl groups is 1. The van der Waals surface area contributed by atoms with Gasteiger partial charge in [-0.1, -0.05) is 48.5 Å². The zero-order valence-corrected chi connectivity index (χ0v) is 17.3. The SMILES string of the molecule is Nc1nc(N[C@@H](CO)Cc2ccccc2)cc(-c2cc(-c3ccc(O)cc3)ccc2O)n1. The Hall–Kier alpha value is -4.10. The van der Waals surface area contributed by atoms with Gasteiger partial charge < -0.3 is 26.4 Å². The van der Waals surface area contributed by atoms with Crippen molar-refractivity contribution in [2.24, 2.45) is 0 Å². The molecule has 1 heterocycles. The molecule has 0 fully saturated rings. The number of benzene rings is 3. The number of nitrogens with two attached hydrogens (primary N) is 1. The zero-order valence-electron chi connectivity index (χ0n) is 17.3. The van der Waals surface area contributed by atoms with Crippen molar-refractivity contribution in [1.82, 2.24) is 9.97 Å². The lowest BCUT2D eigenvalue weighted by Gasteiger charge is -2.18. The van der Waals surface area contributed by atoms with Crippen molar-refractivity contribution < 1.29 is 15.3 Å². The van der Waals surface area contributed by atoms with Crippen LogP contribution in [0.1, 0.15) is 5.56 Å². The lowest BCUT2D eigenvalue weighted by atomic mass is 10.0. The molecule has 6 N–H and O–H groups in total. The van der Waals surface area contributed by atoms with Crippen LogP contribution < -0.4 is 11.1 Å². The fourth-order valence-electron chi connectivity index (χ4n) is 3.52. The summed E-state index contributed by atoms with van der Waals surface area (Å²) in [6, 6.07) is 23.3. The van der Waals surface area contributed by atoms with E-state index >= 15 is 0 Å². The van der Waals surface area contributed by atoms with Crippen LogP contribution >= 0.6 is 0 Å². The first-order chi connectivity index (χ1) is 15.5. The first-order valence-corrected chi connectivity index (χ1v) is 10.2. The molecule has 0 bridgehead atoms. The first-order valence-electron chi connectivity index (χ1n) is 10.2. The second-order valence-corrected chi connectivity index (χ2v) is 7.49. The number of nitrogens with one attached hydrogen (secondary N) is 1. The molecule has 0 aliphatic heterocycles. The van der Waals surface area contributed by atoms with Crippen molar-refractivity contribution in [2.75, 3.05) is 17.7 Å². The molecule has 162 valence electrons. The highest BCUT2D eigenvalue weighted by Crippen LogP contribution is 2.34. The maximum atomic E-state index is 10.5. The summed E-state index contributed by atoms with van der Waals surface area (Å²) in [7, 11) is 0. The van der Waals surface area contributed by atoms with E-state index in [1.54, 1.807) is 48.5 Å². The summed E-state index contributed by atoms with van der Waals surface area (Å²) in [5.41, 5.74) is 9.71. The van der Waals surface area contributed by atoms with Gasteiger partial charge in [0.05, 0.1) is 18.3 Å². The highest BCUT2D eigenvalue weighted by atomic mass is 16.3. The average Bonchev–Trinajstić information content (AvgIpc) is 2.80. The zero-order chi connectivity index (χ0) is 22.5. The first kappa shape index (κ1) is 21.1. The number of rotatable bonds is 7. The summed E-state index contributed by atoms with van der Waals surface area (Å²) in [5.74, 6) is 0.744. The van der Waals surface area contributed by atoms with Crippen LogP contribution in [0.25, 0.3) is 22.4 Å². The number of hydrogen-bond acceptors (Lipinski definition) is 7. The number of anilines is 2. The summed E-state index contributed by atoms with van der Waals surface area (Å²) in [5, 5.41) is 33.1. The summed E-state index contributed by atoms with van der Waals surface area (Å²) in [6.45, 7) is -0.0876. The minimum absolute atomic E-state index is 0.0517. The molecule has 1 aromatic heterocycles. The van der Waals surface area contributed by atoms with Crippen molar-refractivity contribution >= 4 is 11.8 Å². The summed E-state index contributed by atoms with van der Waals surface area (Å²) in [6.07, 6.45) is 0.609. The van der Waals surface area contributed by atoms with Crippen molar-refractivity contribution in [1.29, 1.82) is 0 Å². The van der Waals surface area contributed by atoms with Crippen LogP contribution in [0.5, 0.6) is 11.5 Å². The Balaban J connectivity index is 1.63. The fraction of sp³-hybridized carbons (Fsp3) is 0.120. The molecule has 4 rings (SSSR count). The molecule has 0 amide bonds. The molecule has 0 spiro atoms. The number of nitrogens with zero attached hydrogens (tertiary/aromatic N) is 2. The third-order valence-electron chi connectivity index (χ3n) is 5.11. The van der Waals surface area contributed by atoms with E-state index in [-0.39, 0.29) is 30.1 Å². The van der Waals surface area contributed by atoms with Crippen LogP contribution in [0.3, 0.4) is 0 Å². The Bertz CT molecular complexity index is 1200. The van der Waals surface area contributed by atoms with E-state index in [4.69, 9.17) is 5.73 Å². The van der Waals surface area contributed by atoms with Crippen LogP contribution in [-0.4, -0.2) is 37.9 Å². The monoisotopic (exact) mass is 428 g/mol. The van der Waals surface area contributed by atoms with Crippen LogP contribution in [0, 0.1) is 0 Å². The van der Waals surface area contributed by atoms with E-state index in [1.807, 2.05) is 30.3 Å². The molecular formula is C25H24N4O3. The number of phenolic OH excluding ortho intramolecular Hbond substituents is 2. The Morgan fingerprint density at radius 2 is 1.56 bits per heavy atom. The predicted molar refractivity (Wildman–Crippen MR) is 125 cm³/mol.